The molecule has 0 aliphatic heterocycles. The van der Waals surface area contributed by atoms with Crippen LogP contribution >= 0.6 is 0 Å². The van der Waals surface area contributed by atoms with Crippen LogP contribution in [0.2, 0.25) is 0 Å². The molecular weight excluding hydrogens is 332 g/mol. The molecule has 2 aromatic rings. The Morgan fingerprint density at radius 2 is 1.81 bits per heavy atom. The number of esters is 1. The number of carbonyl (C=O) groups is 2. The Bertz CT molecular complexity index is 868. The van der Waals surface area contributed by atoms with E-state index in [1.165, 1.54) is 7.11 Å². The van der Waals surface area contributed by atoms with Gasteiger partial charge in [-0.2, -0.15) is 0 Å². The molecule has 0 fully saturated rings. The van der Waals surface area contributed by atoms with Crippen LogP contribution in [0.15, 0.2) is 36.9 Å². The van der Waals surface area contributed by atoms with Crippen LogP contribution < -0.4 is 9.47 Å². The lowest BCUT2D eigenvalue weighted by atomic mass is 9.80. The summed E-state index contributed by atoms with van der Waals surface area (Å²) >= 11 is 0. The topological polar surface area (TPSA) is 61.8 Å². The van der Waals surface area contributed by atoms with Crippen molar-refractivity contribution in [1.82, 2.24) is 0 Å². The van der Waals surface area contributed by atoms with Crippen molar-refractivity contribution in [1.29, 1.82) is 0 Å². The van der Waals surface area contributed by atoms with Crippen molar-refractivity contribution in [3.8, 4) is 11.5 Å². The maximum Gasteiger partial charge on any atom is 0.513 e. The van der Waals surface area contributed by atoms with Crippen molar-refractivity contribution in [2.45, 2.75) is 32.6 Å². The van der Waals surface area contributed by atoms with Crippen LogP contribution in [0.4, 0.5) is 4.79 Å². The van der Waals surface area contributed by atoms with E-state index in [1.54, 1.807) is 0 Å². The molecule has 0 bridgehead atoms. The normalized spacial score (nSPS) is 15.8. The Morgan fingerprint density at radius 1 is 1.15 bits per heavy atom. The number of hydrogen-bond acceptors (Lipinski definition) is 5. The number of benzene rings is 2. The highest BCUT2D eigenvalue weighted by Crippen LogP contribution is 2.45. The minimum Gasteiger partial charge on any atom is -0.437 e. The fraction of sp³-hybridized carbons (Fsp3) is 0.333. The first-order chi connectivity index (χ1) is 12.6. The van der Waals surface area contributed by atoms with Crippen LogP contribution in [0.3, 0.4) is 0 Å². The van der Waals surface area contributed by atoms with Gasteiger partial charge in [-0.3, -0.25) is 0 Å². The van der Waals surface area contributed by atoms with E-state index in [1.807, 2.05) is 24.3 Å². The van der Waals surface area contributed by atoms with Crippen LogP contribution in [0, 0.1) is 5.92 Å². The summed E-state index contributed by atoms with van der Waals surface area (Å²) in [6.07, 6.45) is 3.95. The van der Waals surface area contributed by atoms with Gasteiger partial charge in [0.2, 0.25) is 0 Å². The molecular formula is C21H22O5. The minimum atomic E-state index is -0.759. The number of rotatable bonds is 4. The quantitative estimate of drug-likeness (QED) is 0.348. The predicted octanol–water partition coefficient (Wildman–Crippen LogP) is 4.59. The fourth-order valence-corrected chi connectivity index (χ4v) is 3.55. The van der Waals surface area contributed by atoms with Gasteiger partial charge in [0.05, 0.1) is 7.11 Å². The number of hydrogen-bond donors (Lipinski definition) is 0. The van der Waals surface area contributed by atoms with Crippen LogP contribution in [0.5, 0.6) is 11.5 Å². The third kappa shape index (κ3) is 3.29. The average Bonchev–Trinajstić information content (AvgIpc) is 2.69. The Morgan fingerprint density at radius 3 is 2.38 bits per heavy atom. The molecule has 0 aromatic heterocycles. The maximum absolute atomic E-state index is 11.9. The zero-order valence-corrected chi connectivity index (χ0v) is 15.0. The van der Waals surface area contributed by atoms with E-state index in [2.05, 4.69) is 18.2 Å². The summed E-state index contributed by atoms with van der Waals surface area (Å²) in [6, 6.07) is 7.43. The first kappa shape index (κ1) is 18.0. The summed E-state index contributed by atoms with van der Waals surface area (Å²) in [5.41, 5.74) is 1.83. The molecule has 136 valence electrons. The minimum absolute atomic E-state index is 0.496. The second-order valence-corrected chi connectivity index (χ2v) is 6.36. The Balaban J connectivity index is 2.27. The Labute approximate surface area is 152 Å². The highest BCUT2D eigenvalue weighted by atomic mass is 16.7. The van der Waals surface area contributed by atoms with Crippen molar-refractivity contribution in [2.75, 3.05) is 7.11 Å². The summed E-state index contributed by atoms with van der Waals surface area (Å²) in [7, 11) is 1.28. The van der Waals surface area contributed by atoms with Gasteiger partial charge in [-0.15, -0.1) is 0 Å². The second kappa shape index (κ2) is 7.60. The van der Waals surface area contributed by atoms with Gasteiger partial charge in [-0.1, -0.05) is 44.2 Å². The van der Waals surface area contributed by atoms with E-state index in [-0.39, 0.29) is 0 Å². The summed E-state index contributed by atoms with van der Waals surface area (Å²) in [5, 5.41) is 1.45. The monoisotopic (exact) mass is 354 g/mol. The molecule has 1 unspecified atom stereocenters. The summed E-state index contributed by atoms with van der Waals surface area (Å²) in [4.78, 5) is 23.7. The molecule has 26 heavy (non-hydrogen) atoms. The van der Waals surface area contributed by atoms with E-state index < -0.39 is 12.1 Å². The van der Waals surface area contributed by atoms with E-state index in [9.17, 15) is 9.59 Å². The summed E-state index contributed by atoms with van der Waals surface area (Å²) in [6.45, 7) is 5.64. The summed E-state index contributed by atoms with van der Waals surface area (Å²) in [5.74, 6) is 1.03. The van der Waals surface area contributed by atoms with Gasteiger partial charge in [0.25, 0.3) is 0 Å². The number of fused-ring (bicyclic) bond motifs is 2. The summed E-state index contributed by atoms with van der Waals surface area (Å²) < 4.78 is 15.8. The molecule has 0 saturated heterocycles. The smallest absolute Gasteiger partial charge is 0.437 e. The van der Waals surface area contributed by atoms with E-state index in [0.29, 0.717) is 17.4 Å². The van der Waals surface area contributed by atoms with Gasteiger partial charge < -0.3 is 14.2 Å². The number of carbonyl (C=O) groups excluding carboxylic acids is 2. The molecule has 5 heteroatoms. The highest BCUT2D eigenvalue weighted by molar-refractivity contribution is 5.99. The number of methoxy groups -OCH3 is 1. The average molecular weight is 354 g/mol. The molecule has 5 nitrogen and oxygen atoms in total. The van der Waals surface area contributed by atoms with Gasteiger partial charge >= 0.3 is 12.1 Å². The van der Waals surface area contributed by atoms with Crippen LogP contribution in [0.25, 0.3) is 10.8 Å². The van der Waals surface area contributed by atoms with Crippen molar-refractivity contribution in [3.05, 3.63) is 48.0 Å². The second-order valence-electron chi connectivity index (χ2n) is 6.36. The maximum atomic E-state index is 11.9. The van der Waals surface area contributed by atoms with E-state index in [0.717, 1.165) is 53.7 Å². The molecule has 0 heterocycles. The Kier molecular flexibility index (Phi) is 5.26. The van der Waals surface area contributed by atoms with Crippen molar-refractivity contribution < 1.29 is 23.8 Å². The lowest BCUT2D eigenvalue weighted by Crippen LogP contribution is -2.19. The highest BCUT2D eigenvalue weighted by Gasteiger charge is 2.29. The fourth-order valence-electron chi connectivity index (χ4n) is 3.55. The van der Waals surface area contributed by atoms with Crippen LogP contribution in [0.1, 0.15) is 30.9 Å². The van der Waals surface area contributed by atoms with Crippen molar-refractivity contribution in [2.24, 2.45) is 5.92 Å². The molecule has 0 saturated carbocycles. The van der Waals surface area contributed by atoms with Gasteiger partial charge in [0.15, 0.2) is 0 Å². The first-order valence-electron chi connectivity index (χ1n) is 8.75. The third-order valence-corrected chi connectivity index (χ3v) is 4.92. The molecule has 0 spiro atoms. The molecule has 3 rings (SSSR count). The van der Waals surface area contributed by atoms with Gasteiger partial charge in [-0.05, 0) is 25.2 Å². The molecule has 1 atom stereocenters. The van der Waals surface area contributed by atoms with Gasteiger partial charge in [-0.25, -0.2) is 9.59 Å². The lowest BCUT2D eigenvalue weighted by Gasteiger charge is -2.28. The molecule has 2 aromatic carbocycles. The standard InChI is InChI=1S/C21H22O5/c1-4-13-10-11-16-17(12-13)20(25-18(22)5-2)15-9-7-6-8-14(15)19(16)26-21(23)24-3/h5-9,13H,2,4,10-12H2,1,3H3. The van der Waals surface area contributed by atoms with Gasteiger partial charge in [0.1, 0.15) is 11.5 Å². The Hall–Kier alpha value is -2.82. The molecule has 0 N–H and O–H groups in total. The van der Waals surface area contributed by atoms with Crippen LogP contribution in [-0.4, -0.2) is 19.2 Å². The molecule has 0 amide bonds. The van der Waals surface area contributed by atoms with Gasteiger partial charge in [0, 0.05) is 28.0 Å². The van der Waals surface area contributed by atoms with Crippen molar-refractivity contribution >= 4 is 22.9 Å². The molecule has 1 aliphatic carbocycles. The van der Waals surface area contributed by atoms with E-state index in [4.69, 9.17) is 9.47 Å². The third-order valence-electron chi connectivity index (χ3n) is 4.92. The zero-order chi connectivity index (χ0) is 18.7. The van der Waals surface area contributed by atoms with E-state index >= 15 is 0 Å². The molecule has 1 aliphatic rings. The molecule has 0 radical (unpaired) electrons. The van der Waals surface area contributed by atoms with Crippen molar-refractivity contribution in [3.63, 3.8) is 0 Å². The lowest BCUT2D eigenvalue weighted by molar-refractivity contribution is -0.128. The number of ether oxygens (including phenoxy) is 3. The largest absolute Gasteiger partial charge is 0.513 e. The first-order valence-corrected chi connectivity index (χ1v) is 8.75. The predicted molar refractivity (Wildman–Crippen MR) is 98.6 cm³/mol. The zero-order valence-electron chi connectivity index (χ0n) is 15.0. The SMILES string of the molecule is C=CC(=O)Oc1c2c(c(OC(=O)OC)c3ccccc13)CCC(CC)C2. The van der Waals surface area contributed by atoms with Crippen LogP contribution in [-0.2, 0) is 22.4 Å².